The summed E-state index contributed by atoms with van der Waals surface area (Å²) in [5, 5.41) is 5.57. The zero-order valence-electron chi connectivity index (χ0n) is 12.9. The fourth-order valence-electron chi connectivity index (χ4n) is 1.84. The van der Waals surface area contributed by atoms with Crippen LogP contribution in [0.1, 0.15) is 39.2 Å². The van der Waals surface area contributed by atoms with Gasteiger partial charge in [-0.15, -0.1) is 0 Å². The molecule has 1 aromatic carbocycles. The van der Waals surface area contributed by atoms with Gasteiger partial charge < -0.3 is 10.1 Å². The molecule has 114 valence electrons. The van der Waals surface area contributed by atoms with Crippen molar-refractivity contribution in [1.82, 2.24) is 0 Å². The number of ether oxygens (including phenoxy) is 1. The molecule has 2 rings (SSSR count). The fourth-order valence-corrected chi connectivity index (χ4v) is 1.84. The van der Waals surface area contributed by atoms with E-state index in [4.69, 9.17) is 4.74 Å². The molecule has 1 aromatic rings. The van der Waals surface area contributed by atoms with Crippen molar-refractivity contribution in [3.8, 4) is 0 Å². The van der Waals surface area contributed by atoms with Crippen molar-refractivity contribution in [2.45, 2.75) is 46.1 Å². The summed E-state index contributed by atoms with van der Waals surface area (Å²) >= 11 is 0. The maximum absolute atomic E-state index is 11.8. The van der Waals surface area contributed by atoms with Crippen LogP contribution in [-0.4, -0.2) is 17.6 Å². The molecule has 0 saturated heterocycles. The molecule has 2 N–H and O–H groups in total. The van der Waals surface area contributed by atoms with Crippen LogP contribution in [0.25, 0.3) is 0 Å². The van der Waals surface area contributed by atoms with Gasteiger partial charge in [0.2, 0.25) is 5.91 Å². The lowest BCUT2D eigenvalue weighted by atomic mass is 10.1. The van der Waals surface area contributed by atoms with Gasteiger partial charge >= 0.3 is 6.09 Å². The van der Waals surface area contributed by atoms with Gasteiger partial charge in [0, 0.05) is 17.3 Å². The van der Waals surface area contributed by atoms with Crippen LogP contribution >= 0.6 is 0 Å². The van der Waals surface area contributed by atoms with Gasteiger partial charge in [-0.2, -0.15) is 0 Å². The zero-order valence-corrected chi connectivity index (χ0v) is 12.9. The van der Waals surface area contributed by atoms with Crippen molar-refractivity contribution < 1.29 is 14.3 Å². The number of amides is 2. The molecule has 1 saturated carbocycles. The number of aryl methyl sites for hydroxylation is 1. The van der Waals surface area contributed by atoms with Gasteiger partial charge in [0.15, 0.2) is 0 Å². The highest BCUT2D eigenvalue weighted by Gasteiger charge is 2.29. The first-order chi connectivity index (χ1) is 9.74. The number of hydrogen-bond acceptors (Lipinski definition) is 3. The standard InChI is InChI=1S/C16H22N2O3/c1-10-5-8-12(17-15(20)21-16(2,3)4)9-13(10)18-14(19)11-6-7-11/h5,8-9,11H,6-7H2,1-4H3,(H,17,20)(H,18,19). The van der Waals surface area contributed by atoms with E-state index >= 15 is 0 Å². The number of nitrogens with one attached hydrogen (secondary N) is 2. The van der Waals surface area contributed by atoms with Crippen LogP contribution in [0.3, 0.4) is 0 Å². The minimum atomic E-state index is -0.544. The maximum Gasteiger partial charge on any atom is 0.412 e. The molecule has 0 spiro atoms. The Hall–Kier alpha value is -2.04. The molecule has 1 aliphatic carbocycles. The van der Waals surface area contributed by atoms with E-state index < -0.39 is 11.7 Å². The highest BCUT2D eigenvalue weighted by atomic mass is 16.6. The van der Waals surface area contributed by atoms with Gasteiger partial charge in [0.25, 0.3) is 0 Å². The van der Waals surface area contributed by atoms with Gasteiger partial charge in [-0.05, 0) is 58.2 Å². The van der Waals surface area contributed by atoms with Gasteiger partial charge in [-0.3, -0.25) is 10.1 Å². The maximum atomic E-state index is 11.8. The van der Waals surface area contributed by atoms with E-state index in [1.165, 1.54) is 0 Å². The number of hydrogen-bond donors (Lipinski definition) is 2. The van der Waals surface area contributed by atoms with Gasteiger partial charge in [-0.25, -0.2) is 4.79 Å². The molecular formula is C16H22N2O3. The molecule has 0 aliphatic heterocycles. The summed E-state index contributed by atoms with van der Waals surface area (Å²) in [5.41, 5.74) is 1.73. The first-order valence-electron chi connectivity index (χ1n) is 7.16. The lowest BCUT2D eigenvalue weighted by molar-refractivity contribution is -0.117. The van der Waals surface area contributed by atoms with Crippen molar-refractivity contribution in [2.75, 3.05) is 10.6 Å². The Bertz CT molecular complexity index is 557. The van der Waals surface area contributed by atoms with Crippen molar-refractivity contribution in [3.63, 3.8) is 0 Å². The smallest absolute Gasteiger partial charge is 0.412 e. The molecule has 5 heteroatoms. The van der Waals surface area contributed by atoms with E-state index in [1.807, 2.05) is 33.8 Å². The minimum absolute atomic E-state index is 0.0486. The van der Waals surface area contributed by atoms with Gasteiger partial charge in [0.05, 0.1) is 0 Å². The molecule has 0 radical (unpaired) electrons. The average molecular weight is 290 g/mol. The molecular weight excluding hydrogens is 268 g/mol. The van der Waals surface area contributed by atoms with Crippen molar-refractivity contribution in [3.05, 3.63) is 23.8 Å². The molecule has 1 fully saturated rings. The Morgan fingerprint density at radius 3 is 2.43 bits per heavy atom. The third-order valence-corrected chi connectivity index (χ3v) is 3.09. The van der Waals surface area contributed by atoms with E-state index in [9.17, 15) is 9.59 Å². The molecule has 0 heterocycles. The summed E-state index contributed by atoms with van der Waals surface area (Å²) in [4.78, 5) is 23.6. The Labute approximate surface area is 125 Å². The quantitative estimate of drug-likeness (QED) is 0.892. The largest absolute Gasteiger partial charge is 0.444 e. The van der Waals surface area contributed by atoms with Crippen LogP contribution in [0.15, 0.2) is 18.2 Å². The molecule has 1 aliphatic rings. The van der Waals surface area contributed by atoms with Gasteiger partial charge in [-0.1, -0.05) is 6.07 Å². The van der Waals surface area contributed by atoms with Crippen LogP contribution in [0.2, 0.25) is 0 Å². The molecule has 0 atom stereocenters. The molecule has 0 unspecified atom stereocenters. The first-order valence-corrected chi connectivity index (χ1v) is 7.16. The highest BCUT2D eigenvalue weighted by Crippen LogP contribution is 2.31. The average Bonchev–Trinajstić information content (AvgIpc) is 3.14. The van der Waals surface area contributed by atoms with Crippen LogP contribution in [0, 0.1) is 12.8 Å². The normalized spacial score (nSPS) is 14.5. The van der Waals surface area contributed by atoms with Crippen LogP contribution in [0.5, 0.6) is 0 Å². The third kappa shape index (κ3) is 4.77. The lowest BCUT2D eigenvalue weighted by Gasteiger charge is -2.20. The van der Waals surface area contributed by atoms with Crippen molar-refractivity contribution in [1.29, 1.82) is 0 Å². The second kappa shape index (κ2) is 5.76. The van der Waals surface area contributed by atoms with E-state index in [0.29, 0.717) is 5.69 Å². The summed E-state index contributed by atoms with van der Waals surface area (Å²) < 4.78 is 5.20. The predicted molar refractivity (Wildman–Crippen MR) is 82.4 cm³/mol. The summed E-state index contributed by atoms with van der Waals surface area (Å²) in [6.45, 7) is 7.34. The van der Waals surface area contributed by atoms with Gasteiger partial charge in [0.1, 0.15) is 5.60 Å². The number of carbonyl (C=O) groups excluding carboxylic acids is 2. The predicted octanol–water partition coefficient (Wildman–Crippen LogP) is 3.69. The van der Waals surface area contributed by atoms with Crippen LogP contribution in [-0.2, 0) is 9.53 Å². The Kier molecular flexibility index (Phi) is 4.21. The summed E-state index contributed by atoms with van der Waals surface area (Å²) in [6, 6.07) is 5.39. The summed E-state index contributed by atoms with van der Waals surface area (Å²) in [7, 11) is 0. The molecule has 0 bridgehead atoms. The van der Waals surface area contributed by atoms with E-state index in [-0.39, 0.29) is 11.8 Å². The molecule has 21 heavy (non-hydrogen) atoms. The molecule has 2 amide bonds. The van der Waals surface area contributed by atoms with Crippen molar-refractivity contribution in [2.24, 2.45) is 5.92 Å². The number of anilines is 2. The Morgan fingerprint density at radius 2 is 1.86 bits per heavy atom. The first kappa shape index (κ1) is 15.4. The zero-order chi connectivity index (χ0) is 15.6. The second-order valence-corrected chi connectivity index (χ2v) is 6.42. The summed E-state index contributed by atoms with van der Waals surface area (Å²) in [5.74, 6) is 0.194. The highest BCUT2D eigenvalue weighted by molar-refractivity contribution is 5.95. The summed E-state index contributed by atoms with van der Waals surface area (Å²) in [6.07, 6.45) is 1.41. The monoisotopic (exact) mass is 290 g/mol. The minimum Gasteiger partial charge on any atom is -0.444 e. The fraction of sp³-hybridized carbons (Fsp3) is 0.500. The van der Waals surface area contributed by atoms with Crippen LogP contribution < -0.4 is 10.6 Å². The van der Waals surface area contributed by atoms with E-state index in [1.54, 1.807) is 12.1 Å². The third-order valence-electron chi connectivity index (χ3n) is 3.09. The number of carbonyl (C=O) groups is 2. The Balaban J connectivity index is 2.03. The van der Waals surface area contributed by atoms with Crippen LogP contribution in [0.4, 0.5) is 16.2 Å². The number of benzene rings is 1. The molecule has 0 aromatic heterocycles. The SMILES string of the molecule is Cc1ccc(NC(=O)OC(C)(C)C)cc1NC(=O)C1CC1. The second-order valence-electron chi connectivity index (χ2n) is 6.42. The number of rotatable bonds is 3. The topological polar surface area (TPSA) is 67.4 Å². The molecule has 5 nitrogen and oxygen atoms in total. The van der Waals surface area contributed by atoms with Crippen molar-refractivity contribution >= 4 is 23.4 Å². The van der Waals surface area contributed by atoms with E-state index in [2.05, 4.69) is 10.6 Å². The Morgan fingerprint density at radius 1 is 1.19 bits per heavy atom. The lowest BCUT2D eigenvalue weighted by Crippen LogP contribution is -2.27. The van der Waals surface area contributed by atoms with E-state index in [0.717, 1.165) is 24.1 Å².